The Kier molecular flexibility index (Phi) is 4.85. The normalized spacial score (nSPS) is 10.7. The third-order valence-electron chi connectivity index (χ3n) is 2.50. The fraction of sp³-hybridized carbons (Fsp3) is 0.154. The molecule has 2 aromatic rings. The zero-order valence-corrected chi connectivity index (χ0v) is 13.2. The Morgan fingerprint density at radius 2 is 1.95 bits per heavy atom. The molecule has 0 fully saturated rings. The Morgan fingerprint density at radius 3 is 2.63 bits per heavy atom. The van der Waals surface area contributed by atoms with Crippen molar-refractivity contribution in [3.63, 3.8) is 0 Å². The monoisotopic (exact) mass is 332 g/mol. The predicted molar refractivity (Wildman–Crippen MR) is 84.4 cm³/mol. The Balaban J connectivity index is 2.21. The molecule has 0 atom stereocenters. The van der Waals surface area contributed by atoms with Crippen molar-refractivity contribution in [2.24, 2.45) is 0 Å². The Morgan fingerprint density at radius 1 is 1.21 bits per heavy atom. The van der Waals surface area contributed by atoms with Crippen LogP contribution in [0.5, 0.6) is 0 Å². The molecule has 0 amide bonds. The number of nitrogen functional groups attached to an aromatic ring is 1. The molecule has 1 aromatic carbocycles. The standard InChI is InChI=1S/C13H11Cl3N2S/c1-7-4-10(15)9(13(16)18-7)6-19-12-5-8(14)2-3-11(12)17/h2-5H,6,17H2,1H3. The van der Waals surface area contributed by atoms with Crippen LogP contribution in [0, 0.1) is 6.92 Å². The van der Waals surface area contributed by atoms with Gasteiger partial charge < -0.3 is 5.73 Å². The van der Waals surface area contributed by atoms with Gasteiger partial charge in [0, 0.05) is 37.6 Å². The van der Waals surface area contributed by atoms with Crippen LogP contribution < -0.4 is 5.73 Å². The van der Waals surface area contributed by atoms with Gasteiger partial charge in [0.2, 0.25) is 0 Å². The van der Waals surface area contributed by atoms with Crippen molar-refractivity contribution in [3.8, 4) is 0 Å². The van der Waals surface area contributed by atoms with Crippen LogP contribution in [-0.2, 0) is 5.75 Å². The number of hydrogen-bond acceptors (Lipinski definition) is 3. The summed E-state index contributed by atoms with van der Waals surface area (Å²) in [5, 5.41) is 1.69. The van der Waals surface area contributed by atoms with E-state index >= 15 is 0 Å². The summed E-state index contributed by atoms with van der Waals surface area (Å²) < 4.78 is 0. The molecule has 2 rings (SSSR count). The maximum atomic E-state index is 6.18. The molecule has 1 aromatic heterocycles. The number of thioether (sulfide) groups is 1. The molecule has 0 aliphatic carbocycles. The topological polar surface area (TPSA) is 38.9 Å². The molecule has 0 aliphatic rings. The van der Waals surface area contributed by atoms with Crippen molar-refractivity contribution in [2.75, 3.05) is 5.73 Å². The van der Waals surface area contributed by atoms with E-state index in [0.29, 0.717) is 26.6 Å². The number of anilines is 1. The van der Waals surface area contributed by atoms with Crippen LogP contribution in [0.4, 0.5) is 5.69 Å². The molecule has 0 saturated carbocycles. The summed E-state index contributed by atoms with van der Waals surface area (Å²) in [4.78, 5) is 5.10. The van der Waals surface area contributed by atoms with E-state index in [9.17, 15) is 0 Å². The van der Waals surface area contributed by atoms with Gasteiger partial charge in [0.1, 0.15) is 5.15 Å². The molecule has 0 aliphatic heterocycles. The third-order valence-corrected chi connectivity index (χ3v) is 4.48. The highest BCUT2D eigenvalue weighted by Gasteiger charge is 2.10. The Hall–Kier alpha value is -0.610. The van der Waals surface area contributed by atoms with E-state index in [1.165, 1.54) is 11.8 Å². The predicted octanol–water partition coefficient (Wildman–Crippen LogP) is 5.22. The van der Waals surface area contributed by atoms with Crippen molar-refractivity contribution >= 4 is 52.3 Å². The summed E-state index contributed by atoms with van der Waals surface area (Å²) in [5.41, 5.74) is 8.18. The first-order valence-electron chi connectivity index (χ1n) is 5.46. The third kappa shape index (κ3) is 3.69. The molecule has 19 heavy (non-hydrogen) atoms. The van der Waals surface area contributed by atoms with Gasteiger partial charge >= 0.3 is 0 Å². The van der Waals surface area contributed by atoms with Crippen molar-refractivity contribution in [2.45, 2.75) is 17.6 Å². The van der Waals surface area contributed by atoms with E-state index in [2.05, 4.69) is 4.98 Å². The lowest BCUT2D eigenvalue weighted by Gasteiger charge is -2.09. The number of nitrogens with zero attached hydrogens (tertiary/aromatic N) is 1. The lowest BCUT2D eigenvalue weighted by molar-refractivity contribution is 1.16. The van der Waals surface area contributed by atoms with E-state index < -0.39 is 0 Å². The molecule has 0 saturated heterocycles. The average molecular weight is 334 g/mol. The molecule has 0 spiro atoms. The molecule has 1 heterocycles. The first kappa shape index (κ1) is 14.8. The van der Waals surface area contributed by atoms with Crippen molar-refractivity contribution in [1.29, 1.82) is 0 Å². The maximum Gasteiger partial charge on any atom is 0.134 e. The van der Waals surface area contributed by atoms with Crippen molar-refractivity contribution in [3.05, 3.63) is 50.7 Å². The van der Waals surface area contributed by atoms with E-state index in [0.717, 1.165) is 16.2 Å². The molecule has 2 nitrogen and oxygen atoms in total. The quantitative estimate of drug-likeness (QED) is 0.475. The lowest BCUT2D eigenvalue weighted by atomic mass is 10.3. The second-order valence-electron chi connectivity index (χ2n) is 3.99. The highest BCUT2D eigenvalue weighted by Crippen LogP contribution is 2.34. The summed E-state index contributed by atoms with van der Waals surface area (Å²) in [6.45, 7) is 1.85. The number of nitrogens with two attached hydrogens (primary N) is 1. The minimum absolute atomic E-state index is 0.429. The minimum Gasteiger partial charge on any atom is -0.398 e. The fourth-order valence-corrected chi connectivity index (χ4v) is 3.63. The first-order valence-corrected chi connectivity index (χ1v) is 7.58. The van der Waals surface area contributed by atoms with Crippen LogP contribution in [0.2, 0.25) is 15.2 Å². The highest BCUT2D eigenvalue weighted by atomic mass is 35.5. The second-order valence-corrected chi connectivity index (χ2v) is 6.20. The van der Waals surface area contributed by atoms with Crippen molar-refractivity contribution < 1.29 is 0 Å². The number of halogens is 3. The summed E-state index contributed by atoms with van der Waals surface area (Å²) in [6, 6.07) is 7.16. The number of pyridine rings is 1. The molecule has 0 unspecified atom stereocenters. The SMILES string of the molecule is Cc1cc(Cl)c(CSc2cc(Cl)ccc2N)c(Cl)n1. The van der Waals surface area contributed by atoms with Gasteiger partial charge in [-0.1, -0.05) is 34.8 Å². The zero-order valence-electron chi connectivity index (χ0n) is 10.1. The molecule has 0 bridgehead atoms. The van der Waals surface area contributed by atoms with E-state index in [-0.39, 0.29) is 0 Å². The molecule has 100 valence electrons. The number of hydrogen-bond donors (Lipinski definition) is 1. The van der Waals surface area contributed by atoms with Gasteiger partial charge in [0.15, 0.2) is 0 Å². The molecule has 0 radical (unpaired) electrons. The Bertz CT molecular complexity index is 594. The first-order chi connectivity index (χ1) is 8.97. The van der Waals surface area contributed by atoms with Gasteiger partial charge in [-0.2, -0.15) is 0 Å². The fourth-order valence-electron chi connectivity index (χ4n) is 1.54. The number of aromatic nitrogens is 1. The van der Waals surface area contributed by atoms with E-state index in [4.69, 9.17) is 40.5 Å². The van der Waals surface area contributed by atoms with E-state index in [1.54, 1.807) is 18.2 Å². The lowest BCUT2D eigenvalue weighted by Crippen LogP contribution is -1.93. The van der Waals surface area contributed by atoms with Gasteiger partial charge in [0.05, 0.1) is 0 Å². The largest absolute Gasteiger partial charge is 0.398 e. The summed E-state index contributed by atoms with van der Waals surface area (Å²) in [5.74, 6) is 0.593. The van der Waals surface area contributed by atoms with Crippen LogP contribution in [-0.4, -0.2) is 4.98 Å². The number of rotatable bonds is 3. The van der Waals surface area contributed by atoms with Crippen molar-refractivity contribution in [1.82, 2.24) is 4.98 Å². The zero-order chi connectivity index (χ0) is 14.0. The Labute approximate surface area is 131 Å². The van der Waals surface area contributed by atoms with Gasteiger partial charge in [-0.05, 0) is 31.2 Å². The second kappa shape index (κ2) is 6.23. The van der Waals surface area contributed by atoms with E-state index in [1.807, 2.05) is 13.0 Å². The van der Waals surface area contributed by atoms with Gasteiger partial charge in [0.25, 0.3) is 0 Å². The van der Waals surface area contributed by atoms with Crippen LogP contribution >= 0.6 is 46.6 Å². The summed E-state index contributed by atoms with van der Waals surface area (Å²) in [6.07, 6.45) is 0. The van der Waals surface area contributed by atoms with Gasteiger partial charge in [-0.25, -0.2) is 4.98 Å². The van der Waals surface area contributed by atoms with Crippen LogP contribution in [0.15, 0.2) is 29.2 Å². The van der Waals surface area contributed by atoms with Gasteiger partial charge in [-0.15, -0.1) is 11.8 Å². The van der Waals surface area contributed by atoms with Crippen LogP contribution in [0.25, 0.3) is 0 Å². The molecular formula is C13H11Cl3N2S. The van der Waals surface area contributed by atoms with Crippen LogP contribution in [0.1, 0.15) is 11.3 Å². The summed E-state index contributed by atoms with van der Waals surface area (Å²) in [7, 11) is 0. The van der Waals surface area contributed by atoms with Crippen LogP contribution in [0.3, 0.4) is 0 Å². The molecule has 6 heteroatoms. The summed E-state index contributed by atoms with van der Waals surface area (Å²) >= 11 is 19.8. The average Bonchev–Trinajstić information content (AvgIpc) is 2.32. The van der Waals surface area contributed by atoms with Gasteiger partial charge in [-0.3, -0.25) is 0 Å². The maximum absolute atomic E-state index is 6.18. The molecular weight excluding hydrogens is 323 g/mol. The molecule has 2 N–H and O–H groups in total. The minimum atomic E-state index is 0.429. The smallest absolute Gasteiger partial charge is 0.134 e. The number of benzene rings is 1. The highest BCUT2D eigenvalue weighted by molar-refractivity contribution is 7.98. The number of aryl methyl sites for hydroxylation is 1.